The van der Waals surface area contributed by atoms with E-state index in [1.54, 1.807) is 0 Å². The van der Waals surface area contributed by atoms with E-state index in [2.05, 4.69) is 10.0 Å². The number of hydrogen-bond acceptors (Lipinski definition) is 3. The zero-order chi connectivity index (χ0) is 18.6. The van der Waals surface area contributed by atoms with Gasteiger partial charge in [-0.3, -0.25) is 9.52 Å². The molecule has 1 atom stereocenters. The Morgan fingerprint density at radius 1 is 1.08 bits per heavy atom. The van der Waals surface area contributed by atoms with Gasteiger partial charge in [-0.05, 0) is 30.3 Å². The highest BCUT2D eigenvalue weighted by Crippen LogP contribution is 2.17. The van der Waals surface area contributed by atoms with Crippen LogP contribution in [0.4, 0.5) is 24.5 Å². The number of sulfonamides is 1. The van der Waals surface area contributed by atoms with Gasteiger partial charge >= 0.3 is 0 Å². The van der Waals surface area contributed by atoms with Crippen LogP contribution in [0.5, 0.6) is 0 Å². The minimum atomic E-state index is -3.94. The summed E-state index contributed by atoms with van der Waals surface area (Å²) in [6.45, 7) is 1.33. The van der Waals surface area contributed by atoms with E-state index in [0.29, 0.717) is 6.07 Å². The van der Waals surface area contributed by atoms with Crippen molar-refractivity contribution in [2.75, 3.05) is 15.8 Å². The monoisotopic (exact) mass is 372 g/mol. The number of hydrogen-bond donors (Lipinski definition) is 2. The van der Waals surface area contributed by atoms with Crippen molar-refractivity contribution >= 4 is 27.3 Å². The molecule has 0 aliphatic rings. The normalized spacial score (nSPS) is 12.5. The average Bonchev–Trinajstić information content (AvgIpc) is 2.49. The molecule has 0 saturated carbocycles. The molecule has 0 radical (unpaired) electrons. The van der Waals surface area contributed by atoms with Crippen LogP contribution in [-0.4, -0.2) is 20.1 Å². The fourth-order valence-corrected chi connectivity index (χ4v) is 3.40. The Kier molecular flexibility index (Phi) is 5.68. The molecule has 134 valence electrons. The lowest BCUT2D eigenvalue weighted by molar-refractivity contribution is -0.118. The van der Waals surface area contributed by atoms with Gasteiger partial charge in [-0.2, -0.15) is 0 Å². The van der Waals surface area contributed by atoms with Gasteiger partial charge in [-0.1, -0.05) is 13.0 Å². The fraction of sp³-hybridized carbons (Fsp3) is 0.188. The SMILES string of the molecule is CC(CS(=O)(=O)Nc1cccc(F)c1)C(=O)Nc1ccc(F)cc1F. The van der Waals surface area contributed by atoms with E-state index in [4.69, 9.17) is 0 Å². The molecule has 0 aliphatic carbocycles. The molecule has 9 heteroatoms. The highest BCUT2D eigenvalue weighted by atomic mass is 32.2. The highest BCUT2D eigenvalue weighted by Gasteiger charge is 2.22. The van der Waals surface area contributed by atoms with Gasteiger partial charge in [0.25, 0.3) is 0 Å². The predicted molar refractivity (Wildman–Crippen MR) is 88.0 cm³/mol. The van der Waals surface area contributed by atoms with Crippen LogP contribution >= 0.6 is 0 Å². The Morgan fingerprint density at radius 3 is 2.40 bits per heavy atom. The van der Waals surface area contributed by atoms with Crippen molar-refractivity contribution < 1.29 is 26.4 Å². The van der Waals surface area contributed by atoms with E-state index < -0.39 is 45.1 Å². The minimum absolute atomic E-state index is 0.0252. The van der Waals surface area contributed by atoms with E-state index in [0.717, 1.165) is 24.3 Å². The summed E-state index contributed by atoms with van der Waals surface area (Å²) < 4.78 is 65.7. The summed E-state index contributed by atoms with van der Waals surface area (Å²) in [5.41, 5.74) is -0.231. The predicted octanol–water partition coefficient (Wildman–Crippen LogP) is 3.12. The van der Waals surface area contributed by atoms with E-state index in [-0.39, 0.29) is 11.4 Å². The van der Waals surface area contributed by atoms with Crippen LogP contribution in [-0.2, 0) is 14.8 Å². The quantitative estimate of drug-likeness (QED) is 0.818. The van der Waals surface area contributed by atoms with Gasteiger partial charge in [0.05, 0.1) is 23.0 Å². The van der Waals surface area contributed by atoms with E-state index in [1.165, 1.54) is 19.1 Å². The summed E-state index contributed by atoms with van der Waals surface area (Å²) in [4.78, 5) is 12.0. The summed E-state index contributed by atoms with van der Waals surface area (Å²) in [5, 5.41) is 2.20. The van der Waals surface area contributed by atoms with Gasteiger partial charge in [-0.15, -0.1) is 0 Å². The standard InChI is InChI=1S/C16H15F3N2O3S/c1-10(16(22)20-15-6-5-12(18)8-14(15)19)9-25(23,24)21-13-4-2-3-11(17)7-13/h2-8,10,21H,9H2,1H3,(H,20,22). The third-order valence-electron chi connectivity index (χ3n) is 3.20. The van der Waals surface area contributed by atoms with Crippen molar-refractivity contribution in [1.82, 2.24) is 0 Å². The number of anilines is 2. The molecule has 2 aromatic rings. The van der Waals surface area contributed by atoms with E-state index in [9.17, 15) is 26.4 Å². The highest BCUT2D eigenvalue weighted by molar-refractivity contribution is 7.92. The number of benzene rings is 2. The Labute approximate surface area is 142 Å². The molecule has 0 aliphatic heterocycles. The smallest absolute Gasteiger partial charge is 0.233 e. The number of carbonyl (C=O) groups excluding carboxylic acids is 1. The zero-order valence-corrected chi connectivity index (χ0v) is 13.9. The van der Waals surface area contributed by atoms with Gasteiger partial charge in [0.15, 0.2) is 0 Å². The minimum Gasteiger partial charge on any atom is -0.323 e. The molecular formula is C16H15F3N2O3S. The second-order valence-corrected chi connectivity index (χ2v) is 7.18. The van der Waals surface area contributed by atoms with Crippen molar-refractivity contribution in [2.24, 2.45) is 5.92 Å². The van der Waals surface area contributed by atoms with Crippen LogP contribution in [0.1, 0.15) is 6.92 Å². The first-order valence-corrected chi connectivity index (χ1v) is 8.83. The molecule has 2 aromatic carbocycles. The zero-order valence-electron chi connectivity index (χ0n) is 13.1. The van der Waals surface area contributed by atoms with Crippen molar-refractivity contribution in [3.63, 3.8) is 0 Å². The lowest BCUT2D eigenvalue weighted by Crippen LogP contribution is -2.30. The molecule has 1 amide bonds. The van der Waals surface area contributed by atoms with Crippen LogP contribution in [0.15, 0.2) is 42.5 Å². The summed E-state index contributed by atoms with van der Waals surface area (Å²) in [5.74, 6) is -4.77. The average molecular weight is 372 g/mol. The number of amides is 1. The lowest BCUT2D eigenvalue weighted by Gasteiger charge is -2.14. The maximum absolute atomic E-state index is 13.5. The van der Waals surface area contributed by atoms with Crippen LogP contribution in [0.2, 0.25) is 0 Å². The summed E-state index contributed by atoms with van der Waals surface area (Å²) in [6, 6.07) is 7.45. The molecule has 0 saturated heterocycles. The Balaban J connectivity index is 2.02. The first-order valence-electron chi connectivity index (χ1n) is 7.18. The number of rotatable bonds is 6. The molecule has 5 nitrogen and oxygen atoms in total. The Bertz CT molecular complexity index is 888. The van der Waals surface area contributed by atoms with E-state index >= 15 is 0 Å². The van der Waals surface area contributed by atoms with Crippen LogP contribution in [0.25, 0.3) is 0 Å². The van der Waals surface area contributed by atoms with Crippen LogP contribution in [0.3, 0.4) is 0 Å². The van der Waals surface area contributed by atoms with Crippen molar-refractivity contribution in [3.8, 4) is 0 Å². The Morgan fingerprint density at radius 2 is 1.76 bits per heavy atom. The van der Waals surface area contributed by atoms with Gasteiger partial charge in [0.2, 0.25) is 15.9 Å². The van der Waals surface area contributed by atoms with Crippen molar-refractivity contribution in [1.29, 1.82) is 0 Å². The second kappa shape index (κ2) is 7.56. The van der Waals surface area contributed by atoms with Crippen molar-refractivity contribution in [3.05, 3.63) is 59.9 Å². The van der Waals surface area contributed by atoms with Gasteiger partial charge in [0.1, 0.15) is 17.5 Å². The summed E-state index contributed by atoms with van der Waals surface area (Å²) in [7, 11) is -3.94. The lowest BCUT2D eigenvalue weighted by atomic mass is 10.2. The number of carbonyl (C=O) groups is 1. The first-order chi connectivity index (χ1) is 11.7. The van der Waals surface area contributed by atoms with Gasteiger partial charge < -0.3 is 5.32 Å². The molecule has 2 rings (SSSR count). The van der Waals surface area contributed by atoms with Crippen molar-refractivity contribution in [2.45, 2.75) is 6.92 Å². The third-order valence-corrected chi connectivity index (χ3v) is 4.69. The molecular weight excluding hydrogens is 357 g/mol. The maximum atomic E-state index is 13.5. The maximum Gasteiger partial charge on any atom is 0.233 e. The second-order valence-electron chi connectivity index (χ2n) is 5.41. The molecule has 0 fully saturated rings. The first kappa shape index (κ1) is 18.8. The number of nitrogens with one attached hydrogen (secondary N) is 2. The van der Waals surface area contributed by atoms with Crippen LogP contribution in [0, 0.1) is 23.4 Å². The molecule has 0 heterocycles. The summed E-state index contributed by atoms with van der Waals surface area (Å²) in [6.07, 6.45) is 0. The fourth-order valence-electron chi connectivity index (χ4n) is 2.02. The molecule has 2 N–H and O–H groups in total. The largest absolute Gasteiger partial charge is 0.323 e. The Hall–Kier alpha value is -2.55. The molecule has 0 bridgehead atoms. The third kappa shape index (κ3) is 5.49. The molecule has 0 aromatic heterocycles. The molecule has 1 unspecified atom stereocenters. The topological polar surface area (TPSA) is 75.3 Å². The molecule has 25 heavy (non-hydrogen) atoms. The van der Waals surface area contributed by atoms with Gasteiger partial charge in [-0.25, -0.2) is 21.6 Å². The molecule has 0 spiro atoms. The van der Waals surface area contributed by atoms with Crippen LogP contribution < -0.4 is 10.0 Å². The summed E-state index contributed by atoms with van der Waals surface area (Å²) >= 11 is 0. The van der Waals surface area contributed by atoms with E-state index in [1.807, 2.05) is 0 Å². The number of halogens is 3. The van der Waals surface area contributed by atoms with Gasteiger partial charge in [0, 0.05) is 6.07 Å².